The zero-order valence-corrected chi connectivity index (χ0v) is 25.7. The lowest BCUT2D eigenvalue weighted by atomic mass is 9.98. The van der Waals surface area contributed by atoms with Gasteiger partial charge in [-0.25, -0.2) is 0 Å². The van der Waals surface area contributed by atoms with E-state index < -0.39 is 74.3 Å². The van der Waals surface area contributed by atoms with Crippen molar-refractivity contribution in [3.63, 3.8) is 0 Å². The summed E-state index contributed by atoms with van der Waals surface area (Å²) < 4.78 is 10.1. The summed E-state index contributed by atoms with van der Waals surface area (Å²) in [4.78, 5) is 20.8. The van der Waals surface area contributed by atoms with E-state index in [4.69, 9.17) is 24.8 Å². The van der Waals surface area contributed by atoms with Crippen molar-refractivity contribution in [2.24, 2.45) is 0 Å². The van der Waals surface area contributed by atoms with E-state index in [1.54, 1.807) is 0 Å². The zero-order valence-electron chi connectivity index (χ0n) is 25.7. The van der Waals surface area contributed by atoms with Crippen LogP contribution in [0.5, 0.6) is 0 Å². The van der Waals surface area contributed by atoms with Crippen LogP contribution in [0.15, 0.2) is 0 Å². The average molecular weight is 627 g/mol. The highest BCUT2D eigenvalue weighted by atomic mass is 16.7. The van der Waals surface area contributed by atoms with Crippen LogP contribution in [0.25, 0.3) is 0 Å². The van der Waals surface area contributed by atoms with E-state index in [1.165, 1.54) is 83.5 Å². The maximum atomic E-state index is 10.5. The second-order valence-corrected chi connectivity index (χ2v) is 11.3. The molecule has 9 atom stereocenters. The minimum Gasteiger partial charge on any atom is -0.481 e. The van der Waals surface area contributed by atoms with Crippen LogP contribution in [0, 0.1) is 0 Å². The van der Waals surface area contributed by atoms with Crippen molar-refractivity contribution in [3.05, 3.63) is 0 Å². The maximum Gasteiger partial charge on any atom is 0.303 e. The van der Waals surface area contributed by atoms with Gasteiger partial charge in [-0.3, -0.25) is 4.79 Å². The summed E-state index contributed by atoms with van der Waals surface area (Å²) in [5, 5.41) is 84.3. The predicted molar refractivity (Wildman–Crippen MR) is 157 cm³/mol. The van der Waals surface area contributed by atoms with Gasteiger partial charge in [-0.05, 0) is 6.42 Å². The first-order valence-corrected chi connectivity index (χ1v) is 15.8. The number of carbonyl (C=O) groups excluding carboxylic acids is 1. The number of aliphatic carboxylic acids is 1. The molecule has 0 aromatic carbocycles. The molecule has 13 nitrogen and oxygen atoms in total. The molecule has 0 saturated carbocycles. The molecule has 9 unspecified atom stereocenters. The third kappa shape index (κ3) is 18.3. The lowest BCUT2D eigenvalue weighted by Gasteiger charge is -2.42. The predicted octanol–water partition coefficient (Wildman–Crippen LogP) is 0.778. The molecule has 0 aliphatic carbocycles. The first-order valence-electron chi connectivity index (χ1n) is 15.8. The lowest BCUT2D eigenvalue weighted by molar-refractivity contribution is -0.326. The number of aliphatic hydroxyl groups is 8. The van der Waals surface area contributed by atoms with Gasteiger partial charge in [0.1, 0.15) is 48.8 Å². The molecule has 1 rings (SSSR count). The van der Waals surface area contributed by atoms with Gasteiger partial charge in [-0.1, -0.05) is 96.8 Å². The van der Waals surface area contributed by atoms with Crippen molar-refractivity contribution >= 4 is 12.3 Å². The molecule has 0 aromatic heterocycles. The monoisotopic (exact) mass is 626 g/mol. The van der Waals surface area contributed by atoms with E-state index in [-0.39, 0.29) is 6.29 Å². The Morgan fingerprint density at radius 2 is 1.23 bits per heavy atom. The Hall–Kier alpha value is -1.26. The summed E-state index contributed by atoms with van der Waals surface area (Å²) in [6.07, 6.45) is 4.50. The van der Waals surface area contributed by atoms with E-state index in [0.29, 0.717) is 6.42 Å². The van der Waals surface area contributed by atoms with Crippen LogP contribution in [-0.4, -0.2) is 127 Å². The van der Waals surface area contributed by atoms with E-state index in [9.17, 15) is 40.2 Å². The highest BCUT2D eigenvalue weighted by Gasteiger charge is 2.46. The summed E-state index contributed by atoms with van der Waals surface area (Å²) in [5.74, 6) is -0.653. The Morgan fingerprint density at radius 3 is 1.63 bits per heavy atom. The highest BCUT2D eigenvalue weighted by molar-refractivity contribution is 5.66. The van der Waals surface area contributed by atoms with Gasteiger partial charge in [-0.15, -0.1) is 0 Å². The molecule has 1 heterocycles. The largest absolute Gasteiger partial charge is 0.481 e. The number of hydrogen-bond acceptors (Lipinski definition) is 12. The van der Waals surface area contributed by atoms with Crippen LogP contribution >= 0.6 is 0 Å². The fraction of sp³-hybridized carbons (Fsp3) is 0.933. The van der Waals surface area contributed by atoms with Gasteiger partial charge in [0.05, 0.1) is 13.2 Å². The molecule has 1 saturated heterocycles. The topological polar surface area (TPSA) is 235 Å². The first-order chi connectivity index (χ1) is 20.5. The normalized spacial score (nSPS) is 24.8. The number of hydrogen-bond donors (Lipinski definition) is 9. The molecule has 0 amide bonds. The summed E-state index contributed by atoms with van der Waals surface area (Å²) >= 11 is 0. The van der Waals surface area contributed by atoms with Crippen LogP contribution in [0.4, 0.5) is 0 Å². The van der Waals surface area contributed by atoms with Crippen LogP contribution in [0.3, 0.4) is 0 Å². The third-order valence-corrected chi connectivity index (χ3v) is 7.53. The quantitative estimate of drug-likeness (QED) is 0.0533. The number of rotatable bonds is 24. The molecular weight excluding hydrogens is 568 g/mol. The van der Waals surface area contributed by atoms with E-state index in [1.807, 2.05) is 0 Å². The second-order valence-electron chi connectivity index (χ2n) is 11.3. The minimum atomic E-state index is -1.97. The Kier molecular flexibility index (Phi) is 25.2. The molecule has 256 valence electrons. The van der Waals surface area contributed by atoms with Crippen molar-refractivity contribution in [1.82, 2.24) is 0 Å². The standard InChI is InChI=1S/C18H36O2.C12H22O11/c1-2-3-4-5-6-7-8-9-10-11-12-13-14-15-16-17-18(19)20;13-1-4(16)7(18)11(5(17)2-14)23-12-10(21)9(20)8(19)6(3-15)22-12/h2-17H2,1H3,(H,19,20);1,4-12,14-21H,2-3H2. The summed E-state index contributed by atoms with van der Waals surface area (Å²) in [6.45, 7) is 0.633. The first kappa shape index (κ1) is 41.7. The maximum absolute atomic E-state index is 10.5. The van der Waals surface area contributed by atoms with E-state index in [0.717, 1.165) is 12.8 Å². The highest BCUT2D eigenvalue weighted by Crippen LogP contribution is 2.25. The number of carbonyl (C=O) groups is 2. The number of unbranched alkanes of at least 4 members (excludes halogenated alkanes) is 14. The van der Waals surface area contributed by atoms with Crippen LogP contribution in [0.2, 0.25) is 0 Å². The SMILES string of the molecule is CCCCCCCCCCCCCCCCCC(=O)O.O=CC(O)C(O)C(OC1OC(CO)C(O)C(O)C1O)C(O)CO. The van der Waals surface area contributed by atoms with E-state index >= 15 is 0 Å². The van der Waals surface area contributed by atoms with E-state index in [2.05, 4.69) is 6.92 Å². The fourth-order valence-corrected chi connectivity index (χ4v) is 4.76. The van der Waals surface area contributed by atoms with Gasteiger partial charge < -0.3 is 60.2 Å². The molecular formula is C30H58O13. The van der Waals surface area contributed by atoms with Crippen molar-refractivity contribution in [1.29, 1.82) is 0 Å². The lowest BCUT2D eigenvalue weighted by Crippen LogP contribution is -2.61. The Bertz CT molecular complexity index is 680. The molecule has 1 aliphatic heterocycles. The second kappa shape index (κ2) is 26.0. The summed E-state index contributed by atoms with van der Waals surface area (Å²) in [7, 11) is 0. The third-order valence-electron chi connectivity index (χ3n) is 7.53. The van der Waals surface area contributed by atoms with Gasteiger partial charge in [-0.2, -0.15) is 0 Å². The van der Waals surface area contributed by atoms with Gasteiger partial charge in [0.2, 0.25) is 0 Å². The molecule has 43 heavy (non-hydrogen) atoms. The molecule has 9 N–H and O–H groups in total. The molecule has 13 heteroatoms. The fourth-order valence-electron chi connectivity index (χ4n) is 4.76. The number of ether oxygens (including phenoxy) is 2. The smallest absolute Gasteiger partial charge is 0.303 e. The van der Waals surface area contributed by atoms with Crippen molar-refractivity contribution in [2.45, 2.75) is 165 Å². The number of carboxylic acids is 1. The molecule has 0 radical (unpaired) electrons. The zero-order chi connectivity index (χ0) is 32.6. The molecule has 1 aliphatic rings. The molecule has 0 spiro atoms. The van der Waals surface area contributed by atoms with Crippen molar-refractivity contribution in [2.75, 3.05) is 13.2 Å². The number of aliphatic hydroxyl groups excluding tert-OH is 8. The average Bonchev–Trinajstić information content (AvgIpc) is 3.00. The van der Waals surface area contributed by atoms with Gasteiger partial charge in [0, 0.05) is 6.42 Å². The Morgan fingerprint density at radius 1 is 0.767 bits per heavy atom. The van der Waals surface area contributed by atoms with Crippen LogP contribution in [-0.2, 0) is 19.1 Å². The Balaban J connectivity index is 0.000000830. The van der Waals surface area contributed by atoms with Crippen molar-refractivity contribution < 1.29 is 65.0 Å². The number of carboxylic acid groups (broad SMARTS) is 1. The summed E-state index contributed by atoms with van der Waals surface area (Å²) in [6, 6.07) is 0. The van der Waals surface area contributed by atoms with Gasteiger partial charge >= 0.3 is 5.97 Å². The van der Waals surface area contributed by atoms with Crippen LogP contribution in [0.1, 0.15) is 110 Å². The van der Waals surface area contributed by atoms with Crippen molar-refractivity contribution in [3.8, 4) is 0 Å². The number of aldehydes is 1. The molecule has 0 aromatic rings. The van der Waals surface area contributed by atoms with Gasteiger partial charge in [0.15, 0.2) is 12.6 Å². The summed E-state index contributed by atoms with van der Waals surface area (Å²) in [5.41, 5.74) is 0. The molecule has 0 bridgehead atoms. The Labute approximate surface area is 255 Å². The van der Waals surface area contributed by atoms with Gasteiger partial charge in [0.25, 0.3) is 0 Å². The minimum absolute atomic E-state index is 0.0294. The van der Waals surface area contributed by atoms with Crippen LogP contribution < -0.4 is 0 Å². The molecule has 1 fully saturated rings.